The maximum Gasteiger partial charge on any atom is 0.157 e. The zero-order valence-corrected chi connectivity index (χ0v) is 10.8. The fourth-order valence-electron chi connectivity index (χ4n) is 1.93. The Morgan fingerprint density at radius 1 is 1.33 bits per heavy atom. The highest BCUT2D eigenvalue weighted by atomic mass is 16.3. The second kappa shape index (κ2) is 4.91. The van der Waals surface area contributed by atoms with Crippen LogP contribution in [-0.2, 0) is 0 Å². The van der Waals surface area contributed by atoms with Gasteiger partial charge < -0.3 is 15.1 Å². The van der Waals surface area contributed by atoms with Crippen molar-refractivity contribution in [2.45, 2.75) is 20.0 Å². The molecule has 0 saturated heterocycles. The minimum absolute atomic E-state index is 0.254. The number of hydrogen-bond acceptors (Lipinski definition) is 5. The highest BCUT2D eigenvalue weighted by Crippen LogP contribution is 2.17. The third-order valence-electron chi connectivity index (χ3n) is 2.75. The van der Waals surface area contributed by atoms with Gasteiger partial charge in [0.2, 0.25) is 0 Å². The van der Waals surface area contributed by atoms with Crippen LogP contribution in [0.15, 0.2) is 12.1 Å². The van der Waals surface area contributed by atoms with E-state index in [0.29, 0.717) is 6.54 Å². The summed E-state index contributed by atoms with van der Waals surface area (Å²) in [5, 5.41) is 22.8. The largest absolute Gasteiger partial charge is 0.394 e. The highest BCUT2D eigenvalue weighted by Gasteiger charge is 2.13. The lowest BCUT2D eigenvalue weighted by atomic mass is 10.3. The fraction of sp³-hybridized carbons (Fsp3) is 0.500. The molecule has 2 aromatic heterocycles. The molecule has 0 amide bonds. The van der Waals surface area contributed by atoms with Gasteiger partial charge in [-0.15, -0.1) is 0 Å². The summed E-state index contributed by atoms with van der Waals surface area (Å²) in [6.07, 6.45) is -0.768. The number of fused-ring (bicyclic) bond motifs is 1. The van der Waals surface area contributed by atoms with Gasteiger partial charge in [0.1, 0.15) is 5.82 Å². The second-order valence-corrected chi connectivity index (χ2v) is 4.53. The quantitative estimate of drug-likeness (QED) is 0.807. The molecule has 1 unspecified atom stereocenters. The number of aromatic nitrogens is 3. The molecule has 0 radical (unpaired) electrons. The summed E-state index contributed by atoms with van der Waals surface area (Å²) in [6.45, 7) is 3.92. The Labute approximate surface area is 105 Å². The molecule has 1 atom stereocenters. The van der Waals surface area contributed by atoms with Gasteiger partial charge in [-0.25, -0.2) is 4.98 Å². The monoisotopic (exact) mass is 250 g/mol. The normalized spacial score (nSPS) is 12.9. The Bertz CT molecular complexity index is 552. The van der Waals surface area contributed by atoms with Crippen molar-refractivity contribution >= 4 is 11.5 Å². The van der Waals surface area contributed by atoms with E-state index in [9.17, 15) is 5.11 Å². The van der Waals surface area contributed by atoms with Crippen LogP contribution < -0.4 is 4.90 Å². The van der Waals surface area contributed by atoms with Crippen molar-refractivity contribution in [1.29, 1.82) is 0 Å². The Morgan fingerprint density at radius 2 is 2.06 bits per heavy atom. The van der Waals surface area contributed by atoms with Crippen molar-refractivity contribution in [2.75, 3.05) is 25.1 Å². The standard InChI is InChI=1S/C12H18N4O2/c1-8-5-12(15(3)6-10(18)7-17)16-11(13-8)4-9(2)14-16/h4-5,10,17-18H,6-7H2,1-3H3. The van der Waals surface area contributed by atoms with Crippen molar-refractivity contribution < 1.29 is 10.2 Å². The van der Waals surface area contributed by atoms with Crippen LogP contribution in [0.1, 0.15) is 11.4 Å². The van der Waals surface area contributed by atoms with Gasteiger partial charge in [-0.05, 0) is 13.8 Å². The first-order valence-electron chi connectivity index (χ1n) is 5.85. The Hall–Kier alpha value is -1.66. The van der Waals surface area contributed by atoms with Crippen LogP contribution in [0.5, 0.6) is 0 Å². The maximum absolute atomic E-state index is 9.50. The fourth-order valence-corrected chi connectivity index (χ4v) is 1.93. The first-order valence-corrected chi connectivity index (χ1v) is 5.85. The smallest absolute Gasteiger partial charge is 0.157 e. The van der Waals surface area contributed by atoms with E-state index in [1.165, 1.54) is 0 Å². The van der Waals surface area contributed by atoms with Crippen LogP contribution in [-0.4, -0.2) is 51.1 Å². The predicted molar refractivity (Wildman–Crippen MR) is 68.8 cm³/mol. The molecular weight excluding hydrogens is 232 g/mol. The van der Waals surface area contributed by atoms with Gasteiger partial charge in [0.05, 0.1) is 18.4 Å². The maximum atomic E-state index is 9.50. The molecule has 0 aliphatic carbocycles. The molecule has 0 spiro atoms. The molecule has 2 aromatic rings. The first-order chi connectivity index (χ1) is 8.51. The van der Waals surface area contributed by atoms with Gasteiger partial charge in [0, 0.05) is 31.4 Å². The summed E-state index contributed by atoms with van der Waals surface area (Å²) in [5.41, 5.74) is 2.57. The lowest BCUT2D eigenvalue weighted by Gasteiger charge is -2.22. The molecule has 18 heavy (non-hydrogen) atoms. The van der Waals surface area contributed by atoms with Gasteiger partial charge in [-0.2, -0.15) is 9.61 Å². The lowest BCUT2D eigenvalue weighted by Crippen LogP contribution is -2.32. The topological polar surface area (TPSA) is 73.9 Å². The predicted octanol–water partition coefficient (Wildman–Crippen LogP) is 0.136. The molecule has 0 fully saturated rings. The minimum atomic E-state index is -0.768. The Kier molecular flexibility index (Phi) is 3.49. The van der Waals surface area contributed by atoms with Gasteiger partial charge in [0.15, 0.2) is 5.65 Å². The molecule has 0 aliphatic heterocycles. The second-order valence-electron chi connectivity index (χ2n) is 4.53. The molecule has 2 N–H and O–H groups in total. The third-order valence-corrected chi connectivity index (χ3v) is 2.75. The summed E-state index contributed by atoms with van der Waals surface area (Å²) in [4.78, 5) is 6.26. The van der Waals surface area contributed by atoms with E-state index in [1.807, 2.05) is 37.9 Å². The molecule has 98 valence electrons. The van der Waals surface area contributed by atoms with E-state index in [-0.39, 0.29) is 6.61 Å². The van der Waals surface area contributed by atoms with Gasteiger partial charge in [-0.3, -0.25) is 0 Å². The molecule has 6 heteroatoms. The SMILES string of the molecule is Cc1cc(N(C)CC(O)CO)n2nc(C)cc2n1. The van der Waals surface area contributed by atoms with E-state index in [1.54, 1.807) is 4.52 Å². The number of nitrogens with zero attached hydrogens (tertiary/aromatic N) is 4. The number of hydrogen-bond donors (Lipinski definition) is 2. The molecule has 0 saturated carbocycles. The highest BCUT2D eigenvalue weighted by molar-refractivity contribution is 5.51. The summed E-state index contributed by atoms with van der Waals surface area (Å²) >= 11 is 0. The number of anilines is 1. The van der Waals surface area contributed by atoms with Crippen molar-refractivity contribution in [3.8, 4) is 0 Å². The molecule has 0 aliphatic rings. The molecule has 0 aromatic carbocycles. The van der Waals surface area contributed by atoms with Crippen LogP contribution in [0, 0.1) is 13.8 Å². The first kappa shape index (κ1) is 12.8. The van der Waals surface area contributed by atoms with Crippen molar-refractivity contribution in [3.63, 3.8) is 0 Å². The van der Waals surface area contributed by atoms with Gasteiger partial charge >= 0.3 is 0 Å². The van der Waals surface area contributed by atoms with Crippen LogP contribution in [0.4, 0.5) is 5.82 Å². The molecular formula is C12H18N4O2. The number of rotatable bonds is 4. The van der Waals surface area contributed by atoms with Crippen LogP contribution >= 0.6 is 0 Å². The van der Waals surface area contributed by atoms with Crippen molar-refractivity contribution in [2.24, 2.45) is 0 Å². The molecule has 0 bridgehead atoms. The van der Waals surface area contributed by atoms with Crippen molar-refractivity contribution in [3.05, 3.63) is 23.5 Å². The molecule has 6 nitrogen and oxygen atoms in total. The van der Waals surface area contributed by atoms with E-state index >= 15 is 0 Å². The Balaban J connectivity index is 2.42. The van der Waals surface area contributed by atoms with Crippen LogP contribution in [0.25, 0.3) is 5.65 Å². The van der Waals surface area contributed by atoms with E-state index in [0.717, 1.165) is 22.9 Å². The van der Waals surface area contributed by atoms with E-state index in [2.05, 4.69) is 10.1 Å². The van der Waals surface area contributed by atoms with Gasteiger partial charge in [0.25, 0.3) is 0 Å². The molecule has 2 rings (SSSR count). The number of aliphatic hydroxyl groups excluding tert-OH is 2. The van der Waals surface area contributed by atoms with Crippen molar-refractivity contribution in [1.82, 2.24) is 14.6 Å². The van der Waals surface area contributed by atoms with E-state index < -0.39 is 6.10 Å². The third kappa shape index (κ3) is 2.44. The summed E-state index contributed by atoms with van der Waals surface area (Å²) in [5.74, 6) is 0.845. The van der Waals surface area contributed by atoms with E-state index in [4.69, 9.17) is 5.11 Å². The van der Waals surface area contributed by atoms with Crippen LogP contribution in [0.2, 0.25) is 0 Å². The number of aryl methyl sites for hydroxylation is 2. The van der Waals surface area contributed by atoms with Gasteiger partial charge in [-0.1, -0.05) is 0 Å². The Morgan fingerprint density at radius 3 is 2.72 bits per heavy atom. The summed E-state index contributed by atoms with van der Waals surface area (Å²) < 4.78 is 1.74. The summed E-state index contributed by atoms with van der Waals surface area (Å²) in [6, 6.07) is 3.82. The lowest BCUT2D eigenvalue weighted by molar-refractivity contribution is 0.101. The van der Waals surface area contributed by atoms with Crippen LogP contribution in [0.3, 0.4) is 0 Å². The average molecular weight is 250 g/mol. The zero-order chi connectivity index (χ0) is 13.3. The molecule has 2 heterocycles. The zero-order valence-electron chi connectivity index (χ0n) is 10.8. The summed E-state index contributed by atoms with van der Waals surface area (Å²) in [7, 11) is 1.85. The average Bonchev–Trinajstić information content (AvgIpc) is 2.67. The minimum Gasteiger partial charge on any atom is -0.394 e. The number of aliphatic hydroxyl groups is 2. The number of likely N-dealkylation sites (N-methyl/N-ethyl adjacent to an activating group) is 1.